The van der Waals surface area contributed by atoms with Gasteiger partial charge in [0.1, 0.15) is 6.04 Å². The fraction of sp³-hybridized carbons (Fsp3) is 0.500. The van der Waals surface area contributed by atoms with Gasteiger partial charge in [0.05, 0.1) is 18.0 Å². The highest BCUT2D eigenvalue weighted by Gasteiger charge is 2.38. The van der Waals surface area contributed by atoms with Crippen LogP contribution in [-0.4, -0.2) is 39.3 Å². The molecule has 2 unspecified atom stereocenters. The summed E-state index contributed by atoms with van der Waals surface area (Å²) in [6.45, 7) is 3.95. The summed E-state index contributed by atoms with van der Waals surface area (Å²) in [5.41, 5.74) is 2.35. The van der Waals surface area contributed by atoms with Gasteiger partial charge in [-0.05, 0) is 31.4 Å². The van der Waals surface area contributed by atoms with Crippen LogP contribution in [0.3, 0.4) is 0 Å². The molecule has 1 saturated heterocycles. The lowest BCUT2D eigenvalue weighted by atomic mass is 10.1. The van der Waals surface area contributed by atoms with E-state index in [9.17, 15) is 13.2 Å². The Hall–Kier alpha value is -1.60. The largest absolute Gasteiger partial charge is 0.468 e. The molecule has 0 saturated carbocycles. The van der Waals surface area contributed by atoms with Crippen molar-refractivity contribution in [2.45, 2.75) is 31.6 Å². The summed E-state index contributed by atoms with van der Waals surface area (Å²) in [5, 5.41) is 2.23. The first-order valence-corrected chi connectivity index (χ1v) is 8.29. The van der Waals surface area contributed by atoms with Crippen molar-refractivity contribution in [2.24, 2.45) is 0 Å². The number of para-hydroxylation sites is 1. The number of sulfonamides is 1. The molecule has 6 nitrogen and oxygen atoms in total. The molecule has 0 aromatic heterocycles. The normalized spacial score (nSPS) is 22.0. The highest BCUT2D eigenvalue weighted by atomic mass is 32.2. The molecule has 1 heterocycles. The second kappa shape index (κ2) is 6.03. The van der Waals surface area contributed by atoms with E-state index in [-0.39, 0.29) is 13.0 Å². The van der Waals surface area contributed by atoms with E-state index in [4.69, 9.17) is 0 Å². The van der Waals surface area contributed by atoms with Crippen LogP contribution < -0.4 is 10.0 Å². The number of aryl methyl sites for hydroxylation is 2. The van der Waals surface area contributed by atoms with E-state index in [2.05, 4.69) is 14.8 Å². The lowest BCUT2D eigenvalue weighted by Crippen LogP contribution is -2.31. The van der Waals surface area contributed by atoms with E-state index in [0.717, 1.165) is 11.1 Å². The first-order valence-electron chi connectivity index (χ1n) is 6.74. The number of methoxy groups -OCH3 is 1. The summed E-state index contributed by atoms with van der Waals surface area (Å²) in [6, 6.07) is 5.03. The lowest BCUT2D eigenvalue weighted by Gasteiger charge is -2.16. The number of benzene rings is 1. The van der Waals surface area contributed by atoms with Crippen molar-refractivity contribution in [1.82, 2.24) is 5.32 Å². The van der Waals surface area contributed by atoms with Crippen molar-refractivity contribution in [3.05, 3.63) is 29.3 Å². The number of esters is 1. The summed E-state index contributed by atoms with van der Waals surface area (Å²) in [7, 11) is -2.26. The van der Waals surface area contributed by atoms with Crippen LogP contribution in [0.15, 0.2) is 18.2 Å². The van der Waals surface area contributed by atoms with Gasteiger partial charge in [-0.25, -0.2) is 8.42 Å². The van der Waals surface area contributed by atoms with E-state index in [1.165, 1.54) is 7.11 Å². The molecule has 1 aromatic rings. The highest BCUT2D eigenvalue weighted by Crippen LogP contribution is 2.24. The van der Waals surface area contributed by atoms with Crippen LogP contribution in [0.25, 0.3) is 0 Å². The number of ether oxygens (including phenoxy) is 1. The number of nitrogens with one attached hydrogen (secondary N) is 2. The van der Waals surface area contributed by atoms with Crippen LogP contribution in [0, 0.1) is 13.8 Å². The second-order valence-electron chi connectivity index (χ2n) is 5.26. The Morgan fingerprint density at radius 1 is 1.33 bits per heavy atom. The van der Waals surface area contributed by atoms with Crippen molar-refractivity contribution in [2.75, 3.05) is 18.4 Å². The molecule has 0 aliphatic carbocycles. The first kappa shape index (κ1) is 15.8. The van der Waals surface area contributed by atoms with Gasteiger partial charge in [0.15, 0.2) is 0 Å². The molecule has 1 aliphatic rings. The number of carbonyl (C=O) groups is 1. The third kappa shape index (κ3) is 3.36. The predicted octanol–water partition coefficient (Wildman–Crippen LogP) is 0.949. The van der Waals surface area contributed by atoms with E-state index in [0.29, 0.717) is 5.69 Å². The summed E-state index contributed by atoms with van der Waals surface area (Å²) in [4.78, 5) is 11.5. The van der Waals surface area contributed by atoms with Crippen molar-refractivity contribution in [3.63, 3.8) is 0 Å². The van der Waals surface area contributed by atoms with Gasteiger partial charge in [-0.1, -0.05) is 18.2 Å². The van der Waals surface area contributed by atoms with Crippen LogP contribution >= 0.6 is 0 Å². The number of hydrogen-bond donors (Lipinski definition) is 2. The smallest absolute Gasteiger partial charge is 0.322 e. The van der Waals surface area contributed by atoms with Gasteiger partial charge in [-0.2, -0.15) is 0 Å². The van der Waals surface area contributed by atoms with Crippen molar-refractivity contribution in [3.8, 4) is 0 Å². The minimum Gasteiger partial charge on any atom is -0.468 e. The Morgan fingerprint density at radius 2 is 1.95 bits per heavy atom. The molecule has 116 valence electrons. The standard InChI is InChI=1S/C14H20N2O4S/c1-9-5-4-6-10(2)13(9)16-21(18,19)11-7-12(15-8-11)14(17)20-3/h4-6,11-12,15-16H,7-8H2,1-3H3. The molecule has 1 aliphatic heterocycles. The fourth-order valence-electron chi connectivity index (χ4n) is 2.46. The average molecular weight is 312 g/mol. The maximum absolute atomic E-state index is 12.5. The Morgan fingerprint density at radius 3 is 2.52 bits per heavy atom. The van der Waals surface area contributed by atoms with Crippen molar-refractivity contribution >= 4 is 21.7 Å². The minimum absolute atomic E-state index is 0.215. The van der Waals surface area contributed by atoms with Crippen LogP contribution in [0.4, 0.5) is 5.69 Å². The first-order chi connectivity index (χ1) is 9.85. The highest BCUT2D eigenvalue weighted by molar-refractivity contribution is 7.93. The number of rotatable bonds is 4. The second-order valence-corrected chi connectivity index (χ2v) is 7.22. The quantitative estimate of drug-likeness (QED) is 0.809. The van der Waals surface area contributed by atoms with Crippen LogP contribution in [0.2, 0.25) is 0 Å². The summed E-state index contributed by atoms with van der Waals surface area (Å²) >= 11 is 0. The van der Waals surface area contributed by atoms with E-state index in [1.807, 2.05) is 32.0 Å². The molecule has 0 bridgehead atoms. The topological polar surface area (TPSA) is 84.5 Å². The molecule has 21 heavy (non-hydrogen) atoms. The number of anilines is 1. The van der Waals surface area contributed by atoms with Gasteiger partial charge in [0, 0.05) is 6.54 Å². The SMILES string of the molecule is COC(=O)C1CC(S(=O)(=O)Nc2c(C)cccc2C)CN1. The number of carbonyl (C=O) groups excluding carboxylic acids is 1. The van der Waals surface area contributed by atoms with Gasteiger partial charge in [0.25, 0.3) is 0 Å². The zero-order chi connectivity index (χ0) is 15.6. The maximum Gasteiger partial charge on any atom is 0.322 e. The summed E-state index contributed by atoms with van der Waals surface area (Å²) in [6.07, 6.45) is 0.215. The Labute approximate surface area is 124 Å². The van der Waals surface area contributed by atoms with Gasteiger partial charge >= 0.3 is 5.97 Å². The molecule has 1 fully saturated rings. The molecule has 1 aromatic carbocycles. The lowest BCUT2D eigenvalue weighted by molar-refractivity contribution is -0.142. The minimum atomic E-state index is -3.55. The van der Waals surface area contributed by atoms with Crippen LogP contribution in [-0.2, 0) is 19.6 Å². The molecule has 7 heteroatoms. The van der Waals surface area contributed by atoms with Gasteiger partial charge in [-0.3, -0.25) is 9.52 Å². The summed E-state index contributed by atoms with van der Waals surface area (Å²) < 4.78 is 32.2. The predicted molar refractivity (Wildman–Crippen MR) is 80.7 cm³/mol. The van der Waals surface area contributed by atoms with Crippen molar-refractivity contribution in [1.29, 1.82) is 0 Å². The molecular formula is C14H20N2O4S. The monoisotopic (exact) mass is 312 g/mol. The van der Waals surface area contributed by atoms with Gasteiger partial charge in [0.2, 0.25) is 10.0 Å². The molecular weight excluding hydrogens is 292 g/mol. The Bertz CT molecular complexity index is 622. The van der Waals surface area contributed by atoms with E-state index >= 15 is 0 Å². The number of hydrogen-bond acceptors (Lipinski definition) is 5. The van der Waals surface area contributed by atoms with Crippen molar-refractivity contribution < 1.29 is 17.9 Å². The zero-order valence-electron chi connectivity index (χ0n) is 12.3. The Balaban J connectivity index is 2.15. The Kier molecular flexibility index (Phi) is 4.53. The van der Waals surface area contributed by atoms with Crippen LogP contribution in [0.1, 0.15) is 17.5 Å². The molecule has 2 rings (SSSR count). The zero-order valence-corrected chi connectivity index (χ0v) is 13.2. The van der Waals surface area contributed by atoms with E-state index < -0.39 is 27.3 Å². The molecule has 0 radical (unpaired) electrons. The molecule has 2 N–H and O–H groups in total. The fourth-order valence-corrected chi connectivity index (χ4v) is 4.00. The average Bonchev–Trinajstić information content (AvgIpc) is 2.93. The van der Waals surface area contributed by atoms with E-state index in [1.54, 1.807) is 0 Å². The van der Waals surface area contributed by atoms with Crippen LogP contribution in [0.5, 0.6) is 0 Å². The third-order valence-electron chi connectivity index (χ3n) is 3.74. The molecule has 2 atom stereocenters. The summed E-state index contributed by atoms with van der Waals surface area (Å²) in [5.74, 6) is -0.431. The maximum atomic E-state index is 12.5. The molecule has 0 spiro atoms. The van der Waals surface area contributed by atoms with Gasteiger partial charge in [-0.15, -0.1) is 0 Å². The third-order valence-corrected chi connectivity index (χ3v) is 5.47. The van der Waals surface area contributed by atoms with Gasteiger partial charge < -0.3 is 10.1 Å². The molecule has 0 amide bonds.